The smallest absolute Gasteiger partial charge is 0.262 e. The third-order valence-corrected chi connectivity index (χ3v) is 6.35. The predicted octanol–water partition coefficient (Wildman–Crippen LogP) is 3.25. The van der Waals surface area contributed by atoms with E-state index in [0.29, 0.717) is 11.1 Å². The zero-order chi connectivity index (χ0) is 23.6. The average molecular weight is 467 g/mol. The van der Waals surface area contributed by atoms with Crippen LogP contribution in [0.25, 0.3) is 0 Å². The standard InChI is InChI=1S/C23H18FN3O5S/c24-19-10-3-4-11-20(19)26-33(31,32)16-7-5-6-15(14-16)25-21(28)12-13-27-22(29)17-8-1-2-9-18(17)23(27)30/h1-11,14,26H,12-13H2,(H,25,28). The SMILES string of the molecule is O=C(CCN1C(=O)c2ccccc2C1=O)Nc1cccc(S(=O)(=O)Nc2ccccc2F)c1. The molecule has 0 aliphatic carbocycles. The number of rotatable bonds is 7. The third kappa shape index (κ3) is 4.60. The molecule has 168 valence electrons. The van der Waals surface area contributed by atoms with Crippen molar-refractivity contribution in [2.24, 2.45) is 0 Å². The van der Waals surface area contributed by atoms with Crippen LogP contribution in [0.2, 0.25) is 0 Å². The van der Waals surface area contributed by atoms with Gasteiger partial charge in [0.1, 0.15) is 5.82 Å². The number of nitrogens with one attached hydrogen (secondary N) is 2. The summed E-state index contributed by atoms with van der Waals surface area (Å²) in [6.45, 7) is -0.120. The van der Waals surface area contributed by atoms with Crippen molar-refractivity contribution in [3.63, 3.8) is 0 Å². The van der Waals surface area contributed by atoms with Crippen LogP contribution in [0, 0.1) is 5.82 Å². The quantitative estimate of drug-likeness (QED) is 0.518. The molecule has 0 unspecified atom stereocenters. The highest BCUT2D eigenvalue weighted by Gasteiger charge is 2.35. The molecule has 33 heavy (non-hydrogen) atoms. The van der Waals surface area contributed by atoms with Gasteiger partial charge in [-0.25, -0.2) is 12.8 Å². The fourth-order valence-corrected chi connectivity index (χ4v) is 4.48. The maximum absolute atomic E-state index is 13.8. The number of amides is 3. The highest BCUT2D eigenvalue weighted by atomic mass is 32.2. The van der Waals surface area contributed by atoms with E-state index in [-0.39, 0.29) is 29.2 Å². The summed E-state index contributed by atoms with van der Waals surface area (Å²) in [7, 11) is -4.10. The molecule has 0 bridgehead atoms. The topological polar surface area (TPSA) is 113 Å². The summed E-state index contributed by atoms with van der Waals surface area (Å²) in [5, 5.41) is 2.55. The molecule has 2 N–H and O–H groups in total. The first kappa shape index (κ1) is 22.2. The minimum atomic E-state index is -4.10. The molecular weight excluding hydrogens is 449 g/mol. The van der Waals surface area contributed by atoms with Gasteiger partial charge in [-0.3, -0.25) is 24.0 Å². The van der Waals surface area contributed by atoms with Crippen LogP contribution >= 0.6 is 0 Å². The predicted molar refractivity (Wildman–Crippen MR) is 119 cm³/mol. The zero-order valence-electron chi connectivity index (χ0n) is 17.1. The van der Waals surface area contributed by atoms with Crippen LogP contribution in [0.15, 0.2) is 77.7 Å². The lowest BCUT2D eigenvalue weighted by molar-refractivity contribution is -0.116. The van der Waals surface area contributed by atoms with E-state index >= 15 is 0 Å². The molecule has 10 heteroatoms. The number of nitrogens with zero attached hydrogens (tertiary/aromatic N) is 1. The Morgan fingerprint density at radius 2 is 1.52 bits per heavy atom. The number of sulfonamides is 1. The highest BCUT2D eigenvalue weighted by molar-refractivity contribution is 7.92. The summed E-state index contributed by atoms with van der Waals surface area (Å²) in [6, 6.07) is 17.2. The Morgan fingerprint density at radius 1 is 0.879 bits per heavy atom. The molecule has 0 saturated carbocycles. The molecule has 0 spiro atoms. The first-order valence-corrected chi connectivity index (χ1v) is 11.4. The number of fused-ring (bicyclic) bond motifs is 1. The number of carbonyl (C=O) groups is 3. The van der Waals surface area contributed by atoms with E-state index in [2.05, 4.69) is 10.0 Å². The number of para-hydroxylation sites is 1. The van der Waals surface area contributed by atoms with E-state index in [0.717, 1.165) is 11.0 Å². The number of carbonyl (C=O) groups excluding carboxylic acids is 3. The Morgan fingerprint density at radius 3 is 2.18 bits per heavy atom. The van der Waals surface area contributed by atoms with Gasteiger partial charge >= 0.3 is 0 Å². The summed E-state index contributed by atoms with van der Waals surface area (Å²) in [5.41, 5.74) is 0.581. The molecule has 4 rings (SSSR count). The Labute approximate surface area is 189 Å². The number of hydrogen-bond acceptors (Lipinski definition) is 5. The van der Waals surface area contributed by atoms with Gasteiger partial charge < -0.3 is 5.32 Å². The number of benzene rings is 3. The van der Waals surface area contributed by atoms with Gasteiger partial charge in [-0.05, 0) is 42.5 Å². The second kappa shape index (κ2) is 8.83. The van der Waals surface area contributed by atoms with E-state index in [1.165, 1.54) is 42.5 Å². The van der Waals surface area contributed by atoms with Crippen LogP contribution in [0.3, 0.4) is 0 Å². The van der Waals surface area contributed by atoms with Crippen LogP contribution in [-0.2, 0) is 14.8 Å². The van der Waals surface area contributed by atoms with Crippen molar-refractivity contribution >= 4 is 39.1 Å². The monoisotopic (exact) mass is 467 g/mol. The zero-order valence-corrected chi connectivity index (χ0v) is 17.9. The fourth-order valence-electron chi connectivity index (χ4n) is 3.37. The van der Waals surface area contributed by atoms with Gasteiger partial charge in [0, 0.05) is 18.7 Å². The summed E-state index contributed by atoms with van der Waals surface area (Å²) < 4.78 is 41.2. The van der Waals surface area contributed by atoms with Crippen LogP contribution in [0.1, 0.15) is 27.1 Å². The molecule has 3 aromatic rings. The molecule has 3 aromatic carbocycles. The second-order valence-corrected chi connectivity index (χ2v) is 8.90. The third-order valence-electron chi connectivity index (χ3n) is 4.99. The van der Waals surface area contributed by atoms with Gasteiger partial charge in [0.15, 0.2) is 0 Å². The van der Waals surface area contributed by atoms with Crippen LogP contribution in [-0.4, -0.2) is 37.6 Å². The molecule has 0 atom stereocenters. The van der Waals surface area contributed by atoms with Gasteiger partial charge in [-0.1, -0.05) is 30.3 Å². The molecule has 1 heterocycles. The molecule has 1 aliphatic heterocycles. The lowest BCUT2D eigenvalue weighted by Gasteiger charge is -2.14. The molecule has 0 aromatic heterocycles. The van der Waals surface area contributed by atoms with Crippen molar-refractivity contribution in [2.75, 3.05) is 16.6 Å². The van der Waals surface area contributed by atoms with Crippen molar-refractivity contribution in [3.05, 3.63) is 89.7 Å². The molecule has 3 amide bonds. The summed E-state index contributed by atoms with van der Waals surface area (Å²) in [5.74, 6) is -2.16. The van der Waals surface area contributed by atoms with E-state index in [4.69, 9.17) is 0 Å². The van der Waals surface area contributed by atoms with E-state index in [1.54, 1.807) is 24.3 Å². The minimum Gasteiger partial charge on any atom is -0.326 e. The van der Waals surface area contributed by atoms with Gasteiger partial charge in [0.2, 0.25) is 5.91 Å². The van der Waals surface area contributed by atoms with Crippen molar-refractivity contribution in [3.8, 4) is 0 Å². The van der Waals surface area contributed by atoms with Gasteiger partial charge in [-0.2, -0.15) is 0 Å². The van der Waals surface area contributed by atoms with Crippen molar-refractivity contribution in [1.29, 1.82) is 0 Å². The van der Waals surface area contributed by atoms with Crippen LogP contribution < -0.4 is 10.0 Å². The molecule has 1 aliphatic rings. The lowest BCUT2D eigenvalue weighted by Crippen LogP contribution is -2.32. The molecule has 8 nitrogen and oxygen atoms in total. The van der Waals surface area contributed by atoms with Crippen molar-refractivity contribution in [2.45, 2.75) is 11.3 Å². The number of anilines is 2. The molecule has 0 radical (unpaired) electrons. The highest BCUT2D eigenvalue weighted by Crippen LogP contribution is 2.23. The summed E-state index contributed by atoms with van der Waals surface area (Å²) >= 11 is 0. The number of imide groups is 1. The second-order valence-electron chi connectivity index (χ2n) is 7.22. The minimum absolute atomic E-state index is 0.120. The lowest BCUT2D eigenvalue weighted by atomic mass is 10.1. The van der Waals surface area contributed by atoms with Gasteiger partial charge in [0.05, 0.1) is 21.7 Å². The van der Waals surface area contributed by atoms with Crippen molar-refractivity contribution in [1.82, 2.24) is 4.90 Å². The molecule has 0 saturated heterocycles. The summed E-state index contributed by atoms with van der Waals surface area (Å²) in [6.07, 6.45) is -0.171. The first-order chi connectivity index (χ1) is 15.8. The fraction of sp³-hybridized carbons (Fsp3) is 0.0870. The maximum Gasteiger partial charge on any atom is 0.262 e. The van der Waals surface area contributed by atoms with Gasteiger partial charge in [0.25, 0.3) is 21.8 Å². The normalized spacial score (nSPS) is 13.1. The molecule has 0 fully saturated rings. The first-order valence-electron chi connectivity index (χ1n) is 9.89. The van der Waals surface area contributed by atoms with Crippen molar-refractivity contribution < 1.29 is 27.2 Å². The van der Waals surface area contributed by atoms with Crippen LogP contribution in [0.4, 0.5) is 15.8 Å². The average Bonchev–Trinajstić information content (AvgIpc) is 3.04. The Bertz CT molecular complexity index is 1340. The van der Waals surface area contributed by atoms with E-state index in [9.17, 15) is 27.2 Å². The Balaban J connectivity index is 1.40. The van der Waals surface area contributed by atoms with E-state index in [1.807, 2.05) is 0 Å². The Hall–Kier alpha value is -4.05. The number of hydrogen-bond donors (Lipinski definition) is 2. The number of halogens is 1. The van der Waals surface area contributed by atoms with Crippen LogP contribution in [0.5, 0.6) is 0 Å². The molecular formula is C23H18FN3O5S. The summed E-state index contributed by atoms with van der Waals surface area (Å²) in [4.78, 5) is 38.0. The Kier molecular flexibility index (Phi) is 5.93. The maximum atomic E-state index is 13.8. The van der Waals surface area contributed by atoms with E-state index < -0.39 is 33.6 Å². The van der Waals surface area contributed by atoms with Gasteiger partial charge in [-0.15, -0.1) is 0 Å². The largest absolute Gasteiger partial charge is 0.326 e.